The number of nitrogens with zero attached hydrogens (tertiary/aromatic N) is 4. The Labute approximate surface area is 391 Å². The molecule has 5 aromatic rings. The summed E-state index contributed by atoms with van der Waals surface area (Å²) in [4.78, 5) is 78.1. The molecule has 0 aliphatic carbocycles. The third-order valence-corrected chi connectivity index (χ3v) is 9.92. The molecule has 15 nitrogen and oxygen atoms in total. The minimum Gasteiger partial charge on any atom is -0.490 e. The zero-order valence-corrected chi connectivity index (χ0v) is 37.6. The van der Waals surface area contributed by atoms with Gasteiger partial charge in [0.15, 0.2) is 11.6 Å². The lowest BCUT2D eigenvalue weighted by Gasteiger charge is -2.16. The number of rotatable bonds is 19. The molecule has 5 aromatic carbocycles. The Balaban J connectivity index is 1.28. The van der Waals surface area contributed by atoms with Crippen LogP contribution in [-0.4, -0.2) is 59.8 Å². The van der Waals surface area contributed by atoms with Crippen molar-refractivity contribution < 1.29 is 33.5 Å². The number of ether oxygens (including phenoxy) is 1. The summed E-state index contributed by atoms with van der Waals surface area (Å²) in [6.45, 7) is 2.28. The number of benzene rings is 5. The highest BCUT2D eigenvalue weighted by Crippen LogP contribution is 2.30. The van der Waals surface area contributed by atoms with E-state index in [1.807, 2.05) is 0 Å². The van der Waals surface area contributed by atoms with Crippen LogP contribution < -0.4 is 26.0 Å². The maximum absolute atomic E-state index is 13.5. The number of hydrogen-bond acceptors (Lipinski definition) is 11. The fourth-order valence-electron chi connectivity index (χ4n) is 5.56. The Morgan fingerprint density at radius 3 is 1.41 bits per heavy atom. The first kappa shape index (κ1) is 48.8. The van der Waals surface area contributed by atoms with Crippen LogP contribution in [0.5, 0.6) is 5.75 Å². The van der Waals surface area contributed by atoms with Gasteiger partial charge in [-0.25, -0.2) is 0 Å². The number of amides is 4. The van der Waals surface area contributed by atoms with E-state index in [2.05, 4.69) is 41.7 Å². The molecule has 5 rings (SSSR count). The molecule has 20 heteroatoms. The second-order valence-corrected chi connectivity index (χ2v) is 15.4. The van der Waals surface area contributed by atoms with Crippen molar-refractivity contribution >= 4 is 127 Å². The highest BCUT2D eigenvalue weighted by atomic mass is 35.5. The van der Waals surface area contributed by atoms with E-state index in [0.717, 1.165) is 25.0 Å². The molecule has 0 aliphatic heterocycles. The third kappa shape index (κ3) is 14.1. The van der Waals surface area contributed by atoms with E-state index < -0.39 is 47.3 Å². The number of alkyl halides is 3. The molecule has 0 radical (unpaired) electrons. The summed E-state index contributed by atoms with van der Waals surface area (Å²) in [5.74, 6) is -3.33. The second kappa shape index (κ2) is 23.5. The zero-order valence-electron chi connectivity index (χ0n) is 33.8. The topological polar surface area (TPSA) is 209 Å². The molecule has 0 saturated heterocycles. The molecular formula is C44H37Cl5N8O7. The fraction of sp³-hybridized carbons (Fsp3) is 0.182. The van der Waals surface area contributed by atoms with Crippen LogP contribution >= 0.6 is 58.0 Å². The van der Waals surface area contributed by atoms with E-state index in [9.17, 15) is 28.8 Å². The first-order valence-electron chi connectivity index (χ1n) is 19.0. The summed E-state index contributed by atoms with van der Waals surface area (Å²) in [7, 11) is 0. The van der Waals surface area contributed by atoms with Crippen molar-refractivity contribution in [3.63, 3.8) is 0 Å². The van der Waals surface area contributed by atoms with Crippen LogP contribution in [0.25, 0.3) is 0 Å². The first-order chi connectivity index (χ1) is 30.6. The molecule has 64 heavy (non-hydrogen) atoms. The Kier molecular flexibility index (Phi) is 17.9. The van der Waals surface area contributed by atoms with Crippen LogP contribution in [0.1, 0.15) is 45.7 Å². The highest BCUT2D eigenvalue weighted by molar-refractivity contribution is 6.31. The Morgan fingerprint density at radius 2 is 0.984 bits per heavy atom. The SMILES string of the molecule is CC(=O)C(N=Nc1cc(Cl)cc(C(=O)Nc2ccc(CCl)cc2)c1)C(=O)Nc1ccc(NC(=O)C(N=Nc2cc(Cl)cc(C(=O)Nc3ccc(CCl)cc3)c2)C(C)=O)c(OCCCl)c1. The quantitative estimate of drug-likeness (QED) is 0.0357. The van der Waals surface area contributed by atoms with E-state index in [4.69, 9.17) is 62.7 Å². The number of carbonyl (C=O) groups is 6. The van der Waals surface area contributed by atoms with E-state index >= 15 is 0 Å². The lowest BCUT2D eigenvalue weighted by Crippen LogP contribution is -2.32. The summed E-state index contributed by atoms with van der Waals surface area (Å²) in [5.41, 5.74) is 3.46. The van der Waals surface area contributed by atoms with Gasteiger partial charge in [-0.3, -0.25) is 28.8 Å². The van der Waals surface area contributed by atoms with E-state index in [-0.39, 0.29) is 62.2 Å². The van der Waals surface area contributed by atoms with Crippen molar-refractivity contribution in [2.24, 2.45) is 20.5 Å². The summed E-state index contributed by atoms with van der Waals surface area (Å²) >= 11 is 30.1. The van der Waals surface area contributed by atoms with E-state index in [1.54, 1.807) is 48.5 Å². The number of ketones is 2. The van der Waals surface area contributed by atoms with Gasteiger partial charge in [0, 0.05) is 56.1 Å². The van der Waals surface area contributed by atoms with Crippen molar-refractivity contribution in [1.82, 2.24) is 0 Å². The van der Waals surface area contributed by atoms with Crippen molar-refractivity contribution in [3.05, 3.63) is 135 Å². The summed E-state index contributed by atoms with van der Waals surface area (Å²) in [5, 5.41) is 26.9. The average molecular weight is 967 g/mol. The monoisotopic (exact) mass is 964 g/mol. The highest BCUT2D eigenvalue weighted by Gasteiger charge is 2.26. The van der Waals surface area contributed by atoms with Gasteiger partial charge in [0.2, 0.25) is 12.1 Å². The van der Waals surface area contributed by atoms with Gasteiger partial charge in [0.05, 0.1) is 22.9 Å². The molecule has 4 amide bonds. The molecule has 330 valence electrons. The standard InChI is InChI=1S/C44H37Cl5N8O7/c1-24(58)39(56-54-35-17-28(15-30(48)19-35)41(60)50-32-7-3-26(22-46)4-8-32)43(62)52-34-11-12-37(38(21-34)64-14-13-45)53-44(63)40(25(2)59)57-55-36-18-29(16-31(49)20-36)42(61)51-33-9-5-27(23-47)6-10-33/h3-12,15-21,39-40H,13-14,22-23H2,1-2H3,(H,50,60)(H,51,61)(H,52,62)(H,53,63). The molecule has 0 aromatic heterocycles. The molecule has 0 saturated carbocycles. The number of hydrogen-bond donors (Lipinski definition) is 4. The fourth-order valence-corrected chi connectivity index (χ4v) is 6.45. The lowest BCUT2D eigenvalue weighted by molar-refractivity contribution is -0.127. The summed E-state index contributed by atoms with van der Waals surface area (Å²) in [6.07, 6.45) is 0. The molecule has 0 spiro atoms. The van der Waals surface area contributed by atoms with Gasteiger partial charge in [0.25, 0.3) is 23.6 Å². The average Bonchev–Trinajstić information content (AvgIpc) is 3.26. The van der Waals surface area contributed by atoms with Crippen molar-refractivity contribution in [2.75, 3.05) is 33.8 Å². The van der Waals surface area contributed by atoms with Crippen LogP contribution in [0.2, 0.25) is 10.0 Å². The smallest absolute Gasteiger partial charge is 0.258 e. The van der Waals surface area contributed by atoms with E-state index in [0.29, 0.717) is 23.1 Å². The molecule has 2 atom stereocenters. The predicted octanol–water partition coefficient (Wildman–Crippen LogP) is 11.0. The molecule has 0 aliphatic rings. The molecule has 0 heterocycles. The van der Waals surface area contributed by atoms with Crippen molar-refractivity contribution in [1.29, 1.82) is 0 Å². The number of azo groups is 2. The Morgan fingerprint density at radius 1 is 0.547 bits per heavy atom. The molecule has 0 fully saturated rings. The van der Waals surface area contributed by atoms with E-state index in [1.165, 1.54) is 54.6 Å². The number of halogens is 5. The summed E-state index contributed by atoms with van der Waals surface area (Å²) < 4.78 is 5.73. The van der Waals surface area contributed by atoms with Crippen LogP contribution in [0.4, 0.5) is 34.1 Å². The van der Waals surface area contributed by atoms with Crippen LogP contribution in [0, 0.1) is 0 Å². The van der Waals surface area contributed by atoms with Gasteiger partial charge in [-0.15, -0.1) is 34.8 Å². The maximum Gasteiger partial charge on any atom is 0.258 e. The van der Waals surface area contributed by atoms with Gasteiger partial charge in [-0.05, 0) is 97.8 Å². The minimum absolute atomic E-state index is 0.0225. The van der Waals surface area contributed by atoms with Crippen molar-refractivity contribution in [3.8, 4) is 5.75 Å². The lowest BCUT2D eigenvalue weighted by atomic mass is 10.1. The van der Waals surface area contributed by atoms with Gasteiger partial charge in [0.1, 0.15) is 12.4 Å². The second-order valence-electron chi connectivity index (χ2n) is 13.6. The van der Waals surface area contributed by atoms with Crippen molar-refractivity contribution in [2.45, 2.75) is 37.7 Å². The predicted molar refractivity (Wildman–Crippen MR) is 249 cm³/mol. The molecular weight excluding hydrogens is 930 g/mol. The molecule has 4 N–H and O–H groups in total. The Bertz CT molecular complexity index is 2610. The first-order valence-corrected chi connectivity index (χ1v) is 21.3. The number of Topliss-reactive ketones (excluding diaryl/α,β-unsaturated/α-hetero) is 2. The zero-order chi connectivity index (χ0) is 46.3. The van der Waals surface area contributed by atoms with Gasteiger partial charge in [-0.2, -0.15) is 20.5 Å². The third-order valence-electron chi connectivity index (χ3n) is 8.71. The maximum atomic E-state index is 13.5. The number of anilines is 4. The normalized spacial score (nSPS) is 12.0. The summed E-state index contributed by atoms with van der Waals surface area (Å²) in [6, 6.07) is 23.1. The molecule has 2 unspecified atom stereocenters. The van der Waals surface area contributed by atoms with Gasteiger partial charge in [-0.1, -0.05) is 47.5 Å². The number of carbonyl (C=O) groups excluding carboxylic acids is 6. The minimum atomic E-state index is -1.64. The van der Waals surface area contributed by atoms with Crippen LogP contribution in [0.15, 0.2) is 124 Å². The number of nitrogens with one attached hydrogen (secondary N) is 4. The van der Waals surface area contributed by atoms with Crippen LogP contribution in [0.3, 0.4) is 0 Å². The Hall–Kier alpha value is -6.23. The van der Waals surface area contributed by atoms with Gasteiger partial charge >= 0.3 is 0 Å². The van der Waals surface area contributed by atoms with Gasteiger partial charge < -0.3 is 26.0 Å². The largest absolute Gasteiger partial charge is 0.490 e. The molecule has 0 bridgehead atoms. The van der Waals surface area contributed by atoms with Crippen LogP contribution in [-0.2, 0) is 30.9 Å².